The van der Waals surface area contributed by atoms with Gasteiger partial charge in [-0.15, -0.1) is 5.10 Å². The van der Waals surface area contributed by atoms with Crippen LogP contribution in [0.1, 0.15) is 18.4 Å². The van der Waals surface area contributed by atoms with Gasteiger partial charge in [-0.1, -0.05) is 0 Å². The summed E-state index contributed by atoms with van der Waals surface area (Å²) in [5, 5.41) is 27.4. The lowest BCUT2D eigenvalue weighted by atomic mass is 10.0. The summed E-state index contributed by atoms with van der Waals surface area (Å²) in [5.74, 6) is -0.268. The van der Waals surface area contributed by atoms with Crippen molar-refractivity contribution < 1.29 is 26.7 Å². The quantitative estimate of drug-likeness (QED) is 0.691. The summed E-state index contributed by atoms with van der Waals surface area (Å²) in [7, 11) is -4.77. The maximum Gasteiger partial charge on any atom is 0.417 e. The van der Waals surface area contributed by atoms with Crippen molar-refractivity contribution in [3.63, 3.8) is 0 Å². The number of nitrogens with two attached hydrogens (primary N) is 1. The SMILES string of the molecule is NS(=O)(=O)c1c(C(F)(F)F)ccc(N2CCC[C@H](O)C2)c1-c1nnn[nH]1. The van der Waals surface area contributed by atoms with Crippen molar-refractivity contribution >= 4 is 15.7 Å². The average molecular weight is 392 g/mol. The van der Waals surface area contributed by atoms with Crippen molar-refractivity contribution in [1.29, 1.82) is 0 Å². The largest absolute Gasteiger partial charge is 0.417 e. The van der Waals surface area contributed by atoms with E-state index in [1.807, 2.05) is 0 Å². The highest BCUT2D eigenvalue weighted by Crippen LogP contribution is 2.43. The summed E-state index contributed by atoms with van der Waals surface area (Å²) in [4.78, 5) is 0.474. The molecule has 0 aliphatic carbocycles. The molecule has 0 unspecified atom stereocenters. The lowest BCUT2D eigenvalue weighted by Crippen LogP contribution is -2.39. The minimum atomic E-state index is -4.95. The number of rotatable bonds is 3. The first kappa shape index (κ1) is 18.5. The highest BCUT2D eigenvalue weighted by Gasteiger charge is 2.40. The van der Waals surface area contributed by atoms with Gasteiger partial charge in [0.05, 0.1) is 17.2 Å². The summed E-state index contributed by atoms with van der Waals surface area (Å²) in [6.45, 7) is 0.547. The first-order valence-corrected chi connectivity index (χ1v) is 9.08. The van der Waals surface area contributed by atoms with Gasteiger partial charge in [0.1, 0.15) is 4.90 Å². The van der Waals surface area contributed by atoms with Gasteiger partial charge in [-0.05, 0) is 35.4 Å². The van der Waals surface area contributed by atoms with Crippen LogP contribution in [-0.4, -0.2) is 53.3 Å². The number of aliphatic hydroxyl groups excluding tert-OH is 1. The Balaban J connectivity index is 2.33. The lowest BCUT2D eigenvalue weighted by molar-refractivity contribution is -0.139. The number of nitrogens with one attached hydrogen (secondary N) is 1. The van der Waals surface area contributed by atoms with Crippen LogP contribution in [0.5, 0.6) is 0 Å². The molecule has 0 bridgehead atoms. The van der Waals surface area contributed by atoms with Crippen LogP contribution < -0.4 is 10.0 Å². The number of primary sulfonamides is 1. The average Bonchev–Trinajstić information content (AvgIpc) is 3.06. The lowest BCUT2D eigenvalue weighted by Gasteiger charge is -2.33. The molecule has 0 spiro atoms. The molecule has 2 heterocycles. The molecule has 1 atom stereocenters. The number of piperidine rings is 1. The van der Waals surface area contributed by atoms with E-state index in [2.05, 4.69) is 20.6 Å². The fraction of sp³-hybridized carbons (Fsp3) is 0.462. The van der Waals surface area contributed by atoms with Gasteiger partial charge in [0.25, 0.3) is 0 Å². The molecule has 0 saturated carbocycles. The van der Waals surface area contributed by atoms with E-state index in [0.717, 1.165) is 6.07 Å². The van der Waals surface area contributed by atoms with Crippen LogP contribution in [0.25, 0.3) is 11.4 Å². The van der Waals surface area contributed by atoms with E-state index in [4.69, 9.17) is 5.14 Å². The molecular weight excluding hydrogens is 377 g/mol. The Bertz CT molecular complexity index is 901. The molecule has 0 radical (unpaired) electrons. The first-order valence-electron chi connectivity index (χ1n) is 7.53. The molecule has 3 rings (SSSR count). The maximum atomic E-state index is 13.4. The van der Waals surface area contributed by atoms with Crippen molar-refractivity contribution in [2.45, 2.75) is 30.0 Å². The highest BCUT2D eigenvalue weighted by molar-refractivity contribution is 7.89. The van der Waals surface area contributed by atoms with Crippen molar-refractivity contribution in [1.82, 2.24) is 20.6 Å². The van der Waals surface area contributed by atoms with Crippen molar-refractivity contribution in [2.24, 2.45) is 5.14 Å². The van der Waals surface area contributed by atoms with E-state index in [9.17, 15) is 26.7 Å². The number of alkyl halides is 3. The predicted octanol–water partition coefficient (Wildman–Crippen LogP) is 0.494. The van der Waals surface area contributed by atoms with Crippen molar-refractivity contribution in [2.75, 3.05) is 18.0 Å². The molecule has 4 N–H and O–H groups in total. The van der Waals surface area contributed by atoms with Crippen LogP contribution in [0.3, 0.4) is 0 Å². The van der Waals surface area contributed by atoms with E-state index in [1.54, 1.807) is 4.90 Å². The van der Waals surface area contributed by atoms with Gasteiger partial charge in [-0.3, -0.25) is 0 Å². The molecular formula is C13H15F3N6O3S. The first-order chi connectivity index (χ1) is 12.1. The number of hydrogen-bond donors (Lipinski definition) is 3. The van der Waals surface area contributed by atoms with Crippen LogP contribution in [0.15, 0.2) is 17.0 Å². The Labute approximate surface area is 146 Å². The van der Waals surface area contributed by atoms with Gasteiger partial charge in [0.2, 0.25) is 10.0 Å². The molecule has 9 nitrogen and oxygen atoms in total. The smallest absolute Gasteiger partial charge is 0.391 e. The number of tetrazole rings is 1. The summed E-state index contributed by atoms with van der Waals surface area (Å²) in [6, 6.07) is 1.79. The number of anilines is 1. The number of halogens is 3. The summed E-state index contributed by atoms with van der Waals surface area (Å²) in [6.07, 6.45) is -4.52. The second-order valence-electron chi connectivity index (χ2n) is 5.87. The molecule has 1 aromatic heterocycles. The number of nitrogens with zero attached hydrogens (tertiary/aromatic N) is 4. The van der Waals surface area contributed by atoms with Crippen LogP contribution in [-0.2, 0) is 16.2 Å². The number of β-amino-alcohol motifs (C(OH)–C–C–N with tert-alkyl or cyclic N) is 1. The number of H-pyrrole nitrogens is 1. The summed E-state index contributed by atoms with van der Waals surface area (Å²) in [5.41, 5.74) is -1.64. The van der Waals surface area contributed by atoms with Gasteiger partial charge in [0, 0.05) is 18.8 Å². The van der Waals surface area contributed by atoms with Gasteiger partial charge in [0.15, 0.2) is 5.82 Å². The van der Waals surface area contributed by atoms with Gasteiger partial charge in [-0.25, -0.2) is 18.7 Å². The molecule has 1 aromatic carbocycles. The van der Waals surface area contributed by atoms with E-state index < -0.39 is 32.8 Å². The van der Waals surface area contributed by atoms with Crippen molar-refractivity contribution in [3.05, 3.63) is 17.7 Å². The highest BCUT2D eigenvalue weighted by atomic mass is 32.2. The van der Waals surface area contributed by atoms with Gasteiger partial charge >= 0.3 is 6.18 Å². The number of aromatic nitrogens is 4. The van der Waals surface area contributed by atoms with E-state index in [0.29, 0.717) is 25.5 Å². The fourth-order valence-corrected chi connectivity index (χ4v) is 4.00. The zero-order valence-corrected chi connectivity index (χ0v) is 14.0. The molecule has 26 heavy (non-hydrogen) atoms. The third-order valence-corrected chi connectivity index (χ3v) is 5.04. The van der Waals surface area contributed by atoms with E-state index in [-0.39, 0.29) is 23.6 Å². The molecule has 1 aliphatic heterocycles. The van der Waals surface area contributed by atoms with Gasteiger partial charge < -0.3 is 10.0 Å². The third-order valence-electron chi connectivity index (χ3n) is 4.04. The third kappa shape index (κ3) is 3.50. The molecule has 2 aromatic rings. The van der Waals surface area contributed by atoms with E-state index in [1.165, 1.54) is 0 Å². The summed E-state index contributed by atoms with van der Waals surface area (Å²) >= 11 is 0. The second kappa shape index (κ2) is 6.48. The number of hydrogen-bond acceptors (Lipinski definition) is 7. The van der Waals surface area contributed by atoms with Crippen LogP contribution in [0.4, 0.5) is 18.9 Å². The normalized spacial score (nSPS) is 19.0. The molecule has 1 saturated heterocycles. The molecule has 1 aliphatic rings. The number of aliphatic hydroxyl groups is 1. The molecule has 13 heteroatoms. The Kier molecular flexibility index (Phi) is 4.62. The van der Waals surface area contributed by atoms with E-state index >= 15 is 0 Å². The zero-order chi connectivity index (χ0) is 19.1. The van der Waals surface area contributed by atoms with Crippen LogP contribution in [0, 0.1) is 0 Å². The Hall–Kier alpha value is -2.25. The number of benzene rings is 1. The fourth-order valence-electron chi connectivity index (χ4n) is 3.02. The van der Waals surface area contributed by atoms with Gasteiger partial charge in [-0.2, -0.15) is 13.2 Å². The topological polar surface area (TPSA) is 138 Å². The van der Waals surface area contributed by atoms with Crippen LogP contribution >= 0.6 is 0 Å². The standard InChI is InChI=1S/C13H15F3N6O3S/c14-13(15,16)8-3-4-9(22-5-1-2-7(23)6-22)10(11(8)26(17,24)25)12-18-20-21-19-12/h3-4,7,23H,1-2,5-6H2,(H2,17,24,25)(H,18,19,20,21)/t7-/m0/s1. The zero-order valence-electron chi connectivity index (χ0n) is 13.2. The molecule has 0 amide bonds. The molecule has 142 valence electrons. The monoisotopic (exact) mass is 392 g/mol. The number of sulfonamides is 1. The Morgan fingerprint density at radius 3 is 2.62 bits per heavy atom. The molecule has 1 fully saturated rings. The Morgan fingerprint density at radius 1 is 1.35 bits per heavy atom. The predicted molar refractivity (Wildman–Crippen MR) is 83.4 cm³/mol. The second-order valence-corrected chi connectivity index (χ2v) is 7.37. The Morgan fingerprint density at radius 2 is 2.08 bits per heavy atom. The maximum absolute atomic E-state index is 13.4. The minimum absolute atomic E-state index is 0.129. The van der Waals surface area contributed by atoms with Crippen LogP contribution in [0.2, 0.25) is 0 Å². The minimum Gasteiger partial charge on any atom is -0.391 e. The number of aromatic amines is 1. The summed E-state index contributed by atoms with van der Waals surface area (Å²) < 4.78 is 64.3. The van der Waals surface area contributed by atoms with Crippen molar-refractivity contribution in [3.8, 4) is 11.4 Å².